The molecule has 5 aliphatic rings. The van der Waals surface area contributed by atoms with Gasteiger partial charge in [-0.05, 0) is 112 Å². The van der Waals surface area contributed by atoms with E-state index in [1.54, 1.807) is 19.0 Å². The van der Waals surface area contributed by atoms with Gasteiger partial charge < -0.3 is 4.52 Å². The van der Waals surface area contributed by atoms with E-state index in [0.29, 0.717) is 4.90 Å². The minimum atomic E-state index is -0.536. The maximum Gasteiger partial charge on any atom is 0.149 e. The summed E-state index contributed by atoms with van der Waals surface area (Å²) in [4.78, 5) is 0.552. The SMILES string of the molecule is CCC(C)(C)C1=PP2[C@]3(c4c(C)cc(C)cc4C)OP4[C@@]2(c2c(C)cc(C)cc2C)[C@]4(C(C)(C)CC)P13. The number of hydrogen-bond donors (Lipinski definition) is 0. The van der Waals surface area contributed by atoms with Gasteiger partial charge in [0.1, 0.15) is 5.08 Å². The first-order chi connectivity index (χ1) is 17.2. The van der Waals surface area contributed by atoms with Crippen LogP contribution in [0.1, 0.15) is 98.9 Å². The van der Waals surface area contributed by atoms with Crippen LogP contribution in [0.3, 0.4) is 0 Å². The molecule has 37 heavy (non-hydrogen) atoms. The second-order valence-electron chi connectivity index (χ2n) is 13.4. The highest BCUT2D eigenvalue weighted by atomic mass is 32.0. The number of benzene rings is 2. The normalized spacial score (nSPS) is 35.8. The van der Waals surface area contributed by atoms with E-state index < -0.39 is 23.7 Å². The Hall–Kier alpha value is -0.140. The van der Waals surface area contributed by atoms with Gasteiger partial charge in [0.2, 0.25) is 0 Å². The first-order valence-electron chi connectivity index (χ1n) is 14.1. The van der Waals surface area contributed by atoms with Crippen molar-refractivity contribution in [2.75, 3.05) is 0 Å². The highest BCUT2D eigenvalue weighted by molar-refractivity contribution is 8.40. The Balaban J connectivity index is 1.74. The summed E-state index contributed by atoms with van der Waals surface area (Å²) in [7, 11) is 0.276. The van der Waals surface area contributed by atoms with Crippen LogP contribution in [0.2, 0.25) is 0 Å². The van der Waals surface area contributed by atoms with Crippen LogP contribution in [0, 0.1) is 52.4 Å². The summed E-state index contributed by atoms with van der Waals surface area (Å²) in [6, 6.07) is 9.81. The summed E-state index contributed by atoms with van der Waals surface area (Å²) in [5, 5.41) is 1.83. The molecule has 0 spiro atoms. The van der Waals surface area contributed by atoms with Crippen molar-refractivity contribution in [3.05, 3.63) is 68.8 Å². The van der Waals surface area contributed by atoms with Gasteiger partial charge in [-0.15, -0.1) is 0 Å². The maximum absolute atomic E-state index is 7.83. The third-order valence-corrected chi connectivity index (χ3v) is 29.3. The predicted molar refractivity (Wildman–Crippen MR) is 169 cm³/mol. The van der Waals surface area contributed by atoms with Crippen LogP contribution in [0.4, 0.5) is 0 Å². The monoisotopic (exact) mass is 568 g/mol. The summed E-state index contributed by atoms with van der Waals surface area (Å²) in [6.45, 7) is 29.3. The van der Waals surface area contributed by atoms with Crippen molar-refractivity contribution in [1.29, 1.82) is 0 Å². The zero-order valence-corrected chi connectivity index (χ0v) is 28.5. The molecule has 7 rings (SSSR count). The summed E-state index contributed by atoms with van der Waals surface area (Å²) < 4.78 is 7.83. The van der Waals surface area contributed by atoms with E-state index in [9.17, 15) is 0 Å². The lowest BCUT2D eigenvalue weighted by molar-refractivity contribution is 0.300. The Morgan fingerprint density at radius 1 is 0.757 bits per heavy atom. The van der Waals surface area contributed by atoms with Crippen molar-refractivity contribution in [3.8, 4) is 0 Å². The van der Waals surface area contributed by atoms with Crippen molar-refractivity contribution < 1.29 is 4.52 Å². The van der Waals surface area contributed by atoms with E-state index in [-0.39, 0.29) is 20.8 Å². The standard InChI is InChI=1S/C32H44OP4/c1-13-28(9,10)27-34-37-30(25-21(5)15-19(3)16-22(25)6)32(29(11,12)14-2)35(27)31(37,33-36(30)32)26-23(7)17-20(4)18-24(26)8/h15-18H,13-14H2,1-12H3/t30-,31-,32-,35?,36?,37?/m1/s1. The lowest BCUT2D eigenvalue weighted by atomic mass is 9.81. The summed E-state index contributed by atoms with van der Waals surface area (Å²) >= 11 is 0. The molecule has 4 fully saturated rings. The summed E-state index contributed by atoms with van der Waals surface area (Å²) in [5.74, 6) is 0. The second kappa shape index (κ2) is 7.99. The van der Waals surface area contributed by atoms with Gasteiger partial charge in [0.05, 0.1) is 17.9 Å². The topological polar surface area (TPSA) is 9.23 Å². The van der Waals surface area contributed by atoms with Gasteiger partial charge in [-0.1, -0.05) is 84.8 Å². The molecule has 6 atom stereocenters. The van der Waals surface area contributed by atoms with Crippen LogP contribution in [-0.2, 0) is 14.5 Å². The molecule has 3 unspecified atom stereocenters. The minimum absolute atomic E-state index is 0.0578. The van der Waals surface area contributed by atoms with Gasteiger partial charge in [0, 0.05) is 7.61 Å². The second-order valence-corrected chi connectivity index (χ2v) is 23.7. The van der Waals surface area contributed by atoms with E-state index >= 15 is 0 Å². The van der Waals surface area contributed by atoms with Crippen LogP contribution < -0.4 is 0 Å². The average Bonchev–Trinajstić information content (AvgIpc) is 3.07. The molecule has 0 N–H and O–H groups in total. The lowest BCUT2D eigenvalue weighted by Gasteiger charge is -2.44. The van der Waals surface area contributed by atoms with Crippen LogP contribution in [0.5, 0.6) is 0 Å². The van der Waals surface area contributed by atoms with Crippen LogP contribution in [-0.4, -0.2) is 9.93 Å². The molecule has 5 heterocycles. The zero-order chi connectivity index (χ0) is 27.1. The summed E-state index contributed by atoms with van der Waals surface area (Å²) in [5.41, 5.74) is 12.6. The van der Waals surface area contributed by atoms with Gasteiger partial charge in [0.25, 0.3) is 0 Å². The van der Waals surface area contributed by atoms with E-state index in [1.165, 1.54) is 46.2 Å². The predicted octanol–water partition coefficient (Wildman–Crippen LogP) is 11.5. The lowest BCUT2D eigenvalue weighted by Crippen LogP contribution is -2.38. The molecular formula is C32H44OP4. The molecule has 0 radical (unpaired) electrons. The number of hydrogen-bond acceptors (Lipinski definition) is 1. The van der Waals surface area contributed by atoms with Gasteiger partial charge in [-0.2, -0.15) is 0 Å². The molecule has 0 amide bonds. The van der Waals surface area contributed by atoms with Gasteiger partial charge in [0.15, 0.2) is 0 Å². The number of aryl methyl sites for hydroxylation is 6. The fourth-order valence-corrected chi connectivity index (χ4v) is 36.5. The van der Waals surface area contributed by atoms with Crippen molar-refractivity contribution in [2.45, 2.75) is 111 Å². The molecular weight excluding hydrogens is 524 g/mol. The molecule has 2 aromatic rings. The van der Waals surface area contributed by atoms with Crippen LogP contribution in [0.25, 0.3) is 0 Å². The quantitative estimate of drug-likeness (QED) is 0.315. The molecule has 6 bridgehead atoms. The average molecular weight is 569 g/mol. The Morgan fingerprint density at radius 2 is 1.24 bits per heavy atom. The molecule has 4 saturated heterocycles. The highest BCUT2D eigenvalue weighted by Crippen LogP contribution is 3.29. The van der Waals surface area contributed by atoms with E-state index in [2.05, 4.69) is 107 Å². The number of rotatable bonds is 6. The van der Waals surface area contributed by atoms with Crippen LogP contribution in [0.15, 0.2) is 24.3 Å². The van der Waals surface area contributed by atoms with Crippen molar-refractivity contribution >= 4 is 36.6 Å². The molecule has 198 valence electrons. The molecule has 2 aromatic carbocycles. The maximum atomic E-state index is 7.83. The highest BCUT2D eigenvalue weighted by Gasteiger charge is 3.04. The van der Waals surface area contributed by atoms with Gasteiger partial charge in [-0.25, -0.2) is 0 Å². The Morgan fingerprint density at radius 3 is 1.70 bits per heavy atom. The molecule has 1 nitrogen and oxygen atoms in total. The van der Waals surface area contributed by atoms with E-state index in [4.69, 9.17) is 4.52 Å². The molecule has 5 aliphatic heterocycles. The molecule has 5 heteroatoms. The smallest absolute Gasteiger partial charge is 0.149 e. The fraction of sp³-hybridized carbons (Fsp3) is 0.594. The third kappa shape index (κ3) is 2.81. The summed E-state index contributed by atoms with van der Waals surface area (Å²) in [6.07, 6.45) is 2.44. The van der Waals surface area contributed by atoms with E-state index in [1.807, 2.05) is 5.03 Å². The first-order valence-corrected chi connectivity index (χ1v) is 19.6. The first kappa shape index (κ1) is 27.1. The fourth-order valence-electron chi connectivity index (χ4n) is 8.20. The van der Waals surface area contributed by atoms with Crippen LogP contribution >= 0.6 is 31.6 Å². The van der Waals surface area contributed by atoms with Gasteiger partial charge in [-0.3, -0.25) is 0 Å². The van der Waals surface area contributed by atoms with Crippen molar-refractivity contribution in [1.82, 2.24) is 0 Å². The Kier molecular flexibility index (Phi) is 5.84. The minimum Gasteiger partial charge on any atom is -0.336 e. The molecule has 0 aliphatic carbocycles. The molecule has 0 saturated carbocycles. The van der Waals surface area contributed by atoms with E-state index in [0.717, 1.165) is 0 Å². The molecule has 0 aromatic heterocycles. The Labute approximate surface area is 231 Å². The Bertz CT molecular complexity index is 1340. The van der Waals surface area contributed by atoms with Crippen molar-refractivity contribution in [3.63, 3.8) is 0 Å². The zero-order valence-electron chi connectivity index (χ0n) is 24.9. The van der Waals surface area contributed by atoms with Gasteiger partial charge >= 0.3 is 0 Å². The third-order valence-electron chi connectivity index (χ3n) is 10.2. The largest absolute Gasteiger partial charge is 0.336 e. The van der Waals surface area contributed by atoms with Crippen molar-refractivity contribution in [2.24, 2.45) is 10.8 Å².